The van der Waals surface area contributed by atoms with Gasteiger partial charge in [-0.25, -0.2) is 4.90 Å². The first-order valence-electron chi connectivity index (χ1n) is 9.80. The molecular weight excluding hydrogens is 328 g/mol. The fourth-order valence-electron chi connectivity index (χ4n) is 5.66. The first-order valence-corrected chi connectivity index (χ1v) is 11.1. The Balaban J connectivity index is 1.91. The van der Waals surface area contributed by atoms with Crippen molar-refractivity contribution in [1.82, 2.24) is 10.2 Å². The largest absolute Gasteiger partial charge is 0.372 e. The summed E-state index contributed by atoms with van der Waals surface area (Å²) in [5.41, 5.74) is 4.69. The molecular formula is C21H31N2OS. The van der Waals surface area contributed by atoms with Crippen molar-refractivity contribution >= 4 is 11.8 Å². The molecule has 3 nitrogen and oxygen atoms in total. The molecule has 1 aliphatic heterocycles. The van der Waals surface area contributed by atoms with Crippen LogP contribution in [0.3, 0.4) is 0 Å². The van der Waals surface area contributed by atoms with Crippen LogP contribution in [0.25, 0.3) is 0 Å². The van der Waals surface area contributed by atoms with E-state index in [-0.39, 0.29) is 10.9 Å². The Morgan fingerprint density at radius 3 is 2.76 bits per heavy atom. The summed E-state index contributed by atoms with van der Waals surface area (Å²) in [4.78, 5) is 2.23. The van der Waals surface area contributed by atoms with Crippen molar-refractivity contribution < 1.29 is 5.11 Å². The van der Waals surface area contributed by atoms with E-state index in [2.05, 4.69) is 42.0 Å². The molecule has 0 saturated heterocycles. The normalized spacial score (nSPS) is 34.8. The van der Waals surface area contributed by atoms with Gasteiger partial charge in [-0.15, -0.1) is 11.8 Å². The minimum Gasteiger partial charge on any atom is -0.372 e. The lowest BCUT2D eigenvalue weighted by Crippen LogP contribution is -2.64. The van der Waals surface area contributed by atoms with E-state index < -0.39 is 5.72 Å². The number of rotatable bonds is 2. The molecule has 2 unspecified atom stereocenters. The van der Waals surface area contributed by atoms with Gasteiger partial charge in [-0.2, -0.15) is 0 Å². The predicted molar refractivity (Wildman–Crippen MR) is 106 cm³/mol. The lowest BCUT2D eigenvalue weighted by molar-refractivity contribution is -0.0983. The summed E-state index contributed by atoms with van der Waals surface area (Å²) >= 11 is 1.78. The molecule has 137 valence electrons. The summed E-state index contributed by atoms with van der Waals surface area (Å²) in [6, 6.07) is 0. The van der Waals surface area contributed by atoms with Gasteiger partial charge in [-0.3, -0.25) is 0 Å². The van der Waals surface area contributed by atoms with Crippen LogP contribution >= 0.6 is 11.8 Å². The van der Waals surface area contributed by atoms with E-state index in [1.54, 1.807) is 11.8 Å². The number of hydrogen-bond donors (Lipinski definition) is 2. The van der Waals surface area contributed by atoms with Crippen molar-refractivity contribution in [3.63, 3.8) is 0 Å². The smallest absolute Gasteiger partial charge is 0.142 e. The average molecular weight is 360 g/mol. The molecule has 0 aromatic rings. The zero-order chi connectivity index (χ0) is 17.7. The van der Waals surface area contributed by atoms with Crippen LogP contribution in [0.15, 0.2) is 34.6 Å². The monoisotopic (exact) mass is 359 g/mol. The van der Waals surface area contributed by atoms with Crippen LogP contribution in [-0.2, 0) is 0 Å². The van der Waals surface area contributed by atoms with Crippen molar-refractivity contribution in [3.05, 3.63) is 41.0 Å². The SMILES string of the molecule is CCN1C(SC)NC2=C(C3(CCCCC3)CC3=C2[CH]CC=C3)C1(C)O. The Morgan fingerprint density at radius 1 is 1.32 bits per heavy atom. The Labute approximate surface area is 156 Å². The molecule has 2 atom stereocenters. The number of thioether (sulfide) groups is 1. The standard InChI is InChI=1S/C21H31N2OS/c1-4-23-19(25-3)22-17-16-11-7-6-10-15(16)14-21(12-8-5-9-13-21)18(17)20(23,2)24/h6,10-11,19,22,24H,4-5,7-9,12-14H2,1-3H3. The second-order valence-electron chi connectivity index (χ2n) is 8.09. The zero-order valence-electron chi connectivity index (χ0n) is 15.8. The van der Waals surface area contributed by atoms with Crippen LogP contribution in [0.1, 0.15) is 58.8 Å². The Bertz CT molecular complexity index is 640. The van der Waals surface area contributed by atoms with E-state index in [1.807, 2.05) is 6.92 Å². The highest BCUT2D eigenvalue weighted by Gasteiger charge is 2.54. The Kier molecular flexibility index (Phi) is 4.58. The van der Waals surface area contributed by atoms with Crippen LogP contribution in [0, 0.1) is 11.8 Å². The summed E-state index contributed by atoms with van der Waals surface area (Å²) in [5, 5.41) is 15.6. The molecule has 0 bridgehead atoms. The van der Waals surface area contributed by atoms with Gasteiger partial charge in [0.05, 0.1) is 0 Å². The fraction of sp³-hybridized carbons (Fsp3) is 0.667. The van der Waals surface area contributed by atoms with Gasteiger partial charge in [-0.1, -0.05) is 38.3 Å². The molecule has 1 radical (unpaired) electrons. The van der Waals surface area contributed by atoms with E-state index >= 15 is 0 Å². The molecule has 1 saturated carbocycles. The predicted octanol–water partition coefficient (Wildman–Crippen LogP) is 4.34. The highest BCUT2D eigenvalue weighted by Crippen LogP contribution is 2.58. The van der Waals surface area contributed by atoms with Gasteiger partial charge in [0.2, 0.25) is 0 Å². The summed E-state index contributed by atoms with van der Waals surface area (Å²) in [6.45, 7) is 5.03. The number of fused-ring (bicyclic) bond motifs is 2. The van der Waals surface area contributed by atoms with Crippen molar-refractivity contribution in [2.75, 3.05) is 12.8 Å². The van der Waals surface area contributed by atoms with Gasteiger partial charge < -0.3 is 10.4 Å². The van der Waals surface area contributed by atoms with E-state index in [9.17, 15) is 5.11 Å². The molecule has 0 amide bonds. The van der Waals surface area contributed by atoms with Crippen molar-refractivity contribution in [2.45, 2.75) is 70.0 Å². The molecule has 2 N–H and O–H groups in total. The van der Waals surface area contributed by atoms with Crippen LogP contribution < -0.4 is 5.32 Å². The first kappa shape index (κ1) is 17.7. The second kappa shape index (κ2) is 6.47. The third-order valence-corrected chi connectivity index (χ3v) is 7.48. The van der Waals surface area contributed by atoms with Crippen LogP contribution in [0.4, 0.5) is 0 Å². The van der Waals surface area contributed by atoms with E-state index in [0.29, 0.717) is 0 Å². The van der Waals surface area contributed by atoms with E-state index in [1.165, 1.54) is 54.5 Å². The van der Waals surface area contributed by atoms with Crippen LogP contribution in [0.2, 0.25) is 0 Å². The number of likely N-dealkylation sites (N-methyl/N-ethyl adjacent to an activating group) is 1. The minimum absolute atomic E-state index is 0.116. The first-order chi connectivity index (χ1) is 12.0. The third kappa shape index (κ3) is 2.64. The lowest BCUT2D eigenvalue weighted by atomic mass is 9.58. The maximum absolute atomic E-state index is 11.8. The lowest BCUT2D eigenvalue weighted by Gasteiger charge is -2.57. The second-order valence-corrected chi connectivity index (χ2v) is 9.01. The number of nitrogens with one attached hydrogen (secondary N) is 1. The highest BCUT2D eigenvalue weighted by atomic mass is 32.2. The molecule has 4 rings (SSSR count). The molecule has 3 aliphatic carbocycles. The zero-order valence-corrected chi connectivity index (χ0v) is 16.6. The van der Waals surface area contributed by atoms with E-state index in [4.69, 9.17) is 0 Å². The van der Waals surface area contributed by atoms with Crippen LogP contribution in [-0.4, -0.2) is 34.0 Å². The maximum Gasteiger partial charge on any atom is 0.142 e. The summed E-state index contributed by atoms with van der Waals surface area (Å²) < 4.78 is 0. The topological polar surface area (TPSA) is 35.5 Å². The number of hydrogen-bond acceptors (Lipinski definition) is 4. The number of allylic oxidation sites excluding steroid dienone is 4. The van der Waals surface area contributed by atoms with Gasteiger partial charge in [-0.05, 0) is 56.4 Å². The van der Waals surface area contributed by atoms with Gasteiger partial charge in [0.15, 0.2) is 0 Å². The molecule has 0 aromatic carbocycles. The van der Waals surface area contributed by atoms with E-state index in [0.717, 1.165) is 19.4 Å². The maximum atomic E-state index is 11.8. The number of nitrogens with zero attached hydrogens (tertiary/aromatic N) is 1. The third-order valence-electron chi connectivity index (χ3n) is 6.66. The molecule has 1 heterocycles. The molecule has 1 spiro atoms. The van der Waals surface area contributed by atoms with Gasteiger partial charge in [0, 0.05) is 23.2 Å². The van der Waals surface area contributed by atoms with Crippen molar-refractivity contribution in [1.29, 1.82) is 0 Å². The molecule has 1 fully saturated rings. The summed E-state index contributed by atoms with van der Waals surface area (Å²) in [6.07, 6.45) is 17.5. The quantitative estimate of drug-likeness (QED) is 0.769. The molecule has 4 heteroatoms. The summed E-state index contributed by atoms with van der Waals surface area (Å²) in [7, 11) is 0. The van der Waals surface area contributed by atoms with Crippen molar-refractivity contribution in [3.8, 4) is 0 Å². The van der Waals surface area contributed by atoms with Crippen LogP contribution in [0.5, 0.6) is 0 Å². The van der Waals surface area contributed by atoms with Gasteiger partial charge >= 0.3 is 0 Å². The van der Waals surface area contributed by atoms with Crippen molar-refractivity contribution in [2.24, 2.45) is 5.41 Å². The van der Waals surface area contributed by atoms with Gasteiger partial charge in [0.25, 0.3) is 0 Å². The molecule has 25 heavy (non-hydrogen) atoms. The summed E-state index contributed by atoms with van der Waals surface area (Å²) in [5.74, 6) is 0. The Hall–Kier alpha value is -0.710. The molecule has 4 aliphatic rings. The minimum atomic E-state index is -0.881. The average Bonchev–Trinajstić information content (AvgIpc) is 2.61. The number of aliphatic hydroxyl groups is 1. The highest BCUT2D eigenvalue weighted by molar-refractivity contribution is 7.99. The Morgan fingerprint density at radius 2 is 2.08 bits per heavy atom. The van der Waals surface area contributed by atoms with Gasteiger partial charge in [0.1, 0.15) is 11.2 Å². The molecule has 0 aromatic heterocycles. The fourth-order valence-corrected chi connectivity index (χ4v) is 6.51.